The number of fused-ring (bicyclic) bond motifs is 8. The van der Waals surface area contributed by atoms with Crippen molar-refractivity contribution in [3.8, 4) is 0 Å². The van der Waals surface area contributed by atoms with E-state index < -0.39 is 39.3 Å². The summed E-state index contributed by atoms with van der Waals surface area (Å²) in [7, 11) is 0. The fourth-order valence-corrected chi connectivity index (χ4v) is 10.3. The number of carbonyl (C=O) groups excluding carboxylic acids is 2. The van der Waals surface area contributed by atoms with Gasteiger partial charge in [-0.05, 0) is 69.3 Å². The minimum Gasteiger partial charge on any atom is -0.505 e. The number of Topliss-reactive ketones (excluding diaryl/α,β-unsaturated/α-hetero) is 2. The number of ether oxygens (including phenoxy) is 2. The zero-order chi connectivity index (χ0) is 27.4. The van der Waals surface area contributed by atoms with Crippen LogP contribution in [-0.2, 0) is 19.1 Å². The maximum atomic E-state index is 14.3. The second kappa shape index (κ2) is 6.78. The summed E-state index contributed by atoms with van der Waals surface area (Å²) >= 11 is 0. The van der Waals surface area contributed by atoms with Crippen molar-refractivity contribution >= 4 is 11.6 Å². The Hall–Kier alpha value is -1.54. The van der Waals surface area contributed by atoms with E-state index in [0.717, 1.165) is 5.57 Å². The summed E-state index contributed by atoms with van der Waals surface area (Å²) in [6.45, 7) is 15.7. The highest BCUT2D eigenvalue weighted by Crippen LogP contribution is 2.76. The molecule has 0 aromatic carbocycles. The normalized spacial score (nSPS) is 55.4. The molecule has 3 N–H and O–H groups in total. The summed E-state index contributed by atoms with van der Waals surface area (Å²) in [6, 6.07) is 0. The highest BCUT2D eigenvalue weighted by Gasteiger charge is 2.79. The molecule has 6 rings (SSSR count). The van der Waals surface area contributed by atoms with E-state index in [1.54, 1.807) is 6.08 Å². The van der Waals surface area contributed by atoms with E-state index in [0.29, 0.717) is 19.3 Å². The lowest BCUT2D eigenvalue weighted by molar-refractivity contribution is -0.417. The lowest BCUT2D eigenvalue weighted by Crippen LogP contribution is -2.67. The van der Waals surface area contributed by atoms with Crippen LogP contribution in [0.25, 0.3) is 0 Å². The van der Waals surface area contributed by atoms with Gasteiger partial charge < -0.3 is 24.8 Å². The number of hydrogen-bond donors (Lipinski definition) is 3. The number of ketones is 2. The quantitative estimate of drug-likeness (QED) is 0.415. The Morgan fingerprint density at radius 2 is 1.65 bits per heavy atom. The van der Waals surface area contributed by atoms with Crippen molar-refractivity contribution in [1.29, 1.82) is 0 Å². The van der Waals surface area contributed by atoms with Crippen molar-refractivity contribution in [2.24, 2.45) is 45.3 Å². The molecule has 7 nitrogen and oxygen atoms in total. The van der Waals surface area contributed by atoms with E-state index in [2.05, 4.69) is 19.9 Å². The first-order valence-electron chi connectivity index (χ1n) is 13.8. The molecule has 0 amide bonds. The van der Waals surface area contributed by atoms with Crippen LogP contribution in [0.5, 0.6) is 0 Å². The van der Waals surface area contributed by atoms with Gasteiger partial charge in [0.2, 0.25) is 17.4 Å². The fraction of sp³-hybridized carbons (Fsp3) is 0.800. The van der Waals surface area contributed by atoms with Crippen molar-refractivity contribution in [2.45, 2.75) is 104 Å². The third-order valence-corrected chi connectivity index (χ3v) is 12.2. The zero-order valence-electron chi connectivity index (χ0n) is 23.3. The molecule has 7 heteroatoms. The summed E-state index contributed by atoms with van der Waals surface area (Å²) < 4.78 is 12.5. The van der Waals surface area contributed by atoms with E-state index in [1.807, 2.05) is 41.5 Å². The molecule has 2 heterocycles. The number of allylic oxidation sites excluding steroid dienone is 4. The monoisotopic (exact) mass is 514 g/mol. The highest BCUT2D eigenvalue weighted by atomic mass is 16.7. The van der Waals surface area contributed by atoms with Gasteiger partial charge in [0.1, 0.15) is 5.78 Å². The molecule has 204 valence electrons. The van der Waals surface area contributed by atoms with Gasteiger partial charge in [-0.3, -0.25) is 9.59 Å². The Morgan fingerprint density at radius 3 is 2.30 bits per heavy atom. The van der Waals surface area contributed by atoms with Crippen LogP contribution in [-0.4, -0.2) is 50.2 Å². The van der Waals surface area contributed by atoms with E-state index in [-0.39, 0.29) is 53.0 Å². The van der Waals surface area contributed by atoms with Crippen molar-refractivity contribution in [3.63, 3.8) is 0 Å². The van der Waals surface area contributed by atoms with Crippen LogP contribution < -0.4 is 0 Å². The smallest absolute Gasteiger partial charge is 0.224 e. The third kappa shape index (κ3) is 2.68. The van der Waals surface area contributed by atoms with Crippen LogP contribution in [0.3, 0.4) is 0 Å². The first kappa shape index (κ1) is 25.7. The second-order valence-electron chi connectivity index (χ2n) is 14.8. The van der Waals surface area contributed by atoms with Gasteiger partial charge in [0.05, 0.1) is 17.1 Å². The number of hydrogen-bond acceptors (Lipinski definition) is 7. The molecule has 4 fully saturated rings. The minimum absolute atomic E-state index is 0.0593. The van der Waals surface area contributed by atoms with E-state index in [1.165, 1.54) is 0 Å². The molecule has 0 unspecified atom stereocenters. The standard InChI is InChI=1S/C30H42O7/c1-15-22-19(36-29(34)14-24(2,3)37-30(15,29)35)12-26(6)20-10-9-16-17(11-18(31)23(33)25(16,4)5)28(20,8)21(32)13-27(22,26)7/h9,11,15,17,19-20,22,31,34-35H,10,12-14H2,1-8H3/t15-,17+,19+,20-,22-,26-,27+,28-,29-,30-/m0/s1. The first-order chi connectivity index (χ1) is 16.8. The summed E-state index contributed by atoms with van der Waals surface area (Å²) in [6.07, 6.45) is 5.19. The summed E-state index contributed by atoms with van der Waals surface area (Å²) in [5.74, 6) is -5.17. The maximum absolute atomic E-state index is 14.3. The highest BCUT2D eigenvalue weighted by molar-refractivity contribution is 6.02. The molecule has 2 saturated carbocycles. The van der Waals surface area contributed by atoms with Gasteiger partial charge in [-0.15, -0.1) is 0 Å². The topological polar surface area (TPSA) is 113 Å². The molecular weight excluding hydrogens is 472 g/mol. The molecule has 2 aliphatic heterocycles. The Balaban J connectivity index is 1.47. The van der Waals surface area contributed by atoms with Crippen LogP contribution in [0.2, 0.25) is 0 Å². The Bertz CT molecular complexity index is 1180. The van der Waals surface area contributed by atoms with E-state index in [4.69, 9.17) is 9.47 Å². The molecule has 2 saturated heterocycles. The summed E-state index contributed by atoms with van der Waals surface area (Å²) in [5, 5.41) is 34.0. The molecular formula is C30H42O7. The predicted octanol–water partition coefficient (Wildman–Crippen LogP) is 4.22. The molecule has 6 aliphatic rings. The van der Waals surface area contributed by atoms with Gasteiger partial charge in [-0.2, -0.15) is 0 Å². The van der Waals surface area contributed by atoms with Crippen molar-refractivity contribution < 1.29 is 34.4 Å². The number of carbonyl (C=O) groups is 2. The Labute approximate surface area is 219 Å². The largest absolute Gasteiger partial charge is 0.505 e. The van der Waals surface area contributed by atoms with Gasteiger partial charge in [0.25, 0.3) is 0 Å². The first-order valence-corrected chi connectivity index (χ1v) is 13.8. The van der Waals surface area contributed by atoms with Crippen LogP contribution in [0.15, 0.2) is 23.5 Å². The second-order valence-corrected chi connectivity index (χ2v) is 14.8. The van der Waals surface area contributed by atoms with Gasteiger partial charge in [0.15, 0.2) is 5.76 Å². The van der Waals surface area contributed by atoms with Crippen LogP contribution >= 0.6 is 0 Å². The van der Waals surface area contributed by atoms with Crippen LogP contribution in [0, 0.1) is 45.3 Å². The number of rotatable bonds is 0. The average Bonchev–Trinajstić information content (AvgIpc) is 3.09. The maximum Gasteiger partial charge on any atom is 0.224 e. The molecule has 0 aromatic heterocycles. The summed E-state index contributed by atoms with van der Waals surface area (Å²) in [4.78, 5) is 27.2. The lowest BCUT2D eigenvalue weighted by atomic mass is 9.39. The van der Waals surface area contributed by atoms with Gasteiger partial charge in [-0.1, -0.05) is 39.3 Å². The molecule has 0 radical (unpaired) electrons. The Kier molecular flexibility index (Phi) is 4.71. The molecule has 4 aliphatic carbocycles. The van der Waals surface area contributed by atoms with E-state index >= 15 is 0 Å². The van der Waals surface area contributed by atoms with Gasteiger partial charge in [0, 0.05) is 30.1 Å². The molecule has 0 aromatic rings. The SMILES string of the molecule is C[C@H]1[C@H]2[C@@H](C[C@@]3(C)[C@@H]4CC=C5[C@@H](C=C(O)C(=O)C5(C)C)[C@]4(C)C(=O)C[C@]23C)O[C@@]2(O)CC(C)(C)O[C@@]12O. The van der Waals surface area contributed by atoms with Crippen LogP contribution in [0.1, 0.15) is 81.1 Å². The summed E-state index contributed by atoms with van der Waals surface area (Å²) in [5.41, 5.74) is -2.33. The predicted molar refractivity (Wildman–Crippen MR) is 135 cm³/mol. The molecule has 0 spiro atoms. The van der Waals surface area contributed by atoms with Gasteiger partial charge in [-0.25, -0.2) is 0 Å². The number of aliphatic hydroxyl groups is 3. The molecule has 0 bridgehead atoms. The Morgan fingerprint density at radius 1 is 1.00 bits per heavy atom. The van der Waals surface area contributed by atoms with E-state index in [9.17, 15) is 24.9 Å². The lowest BCUT2D eigenvalue weighted by Gasteiger charge is -2.64. The van der Waals surface area contributed by atoms with Crippen LogP contribution in [0.4, 0.5) is 0 Å². The average molecular weight is 515 g/mol. The van der Waals surface area contributed by atoms with Crippen molar-refractivity contribution in [2.75, 3.05) is 0 Å². The molecule has 10 atom stereocenters. The van der Waals surface area contributed by atoms with Crippen molar-refractivity contribution in [3.05, 3.63) is 23.5 Å². The third-order valence-electron chi connectivity index (χ3n) is 12.2. The fourth-order valence-electron chi connectivity index (χ4n) is 10.3. The minimum atomic E-state index is -1.86. The van der Waals surface area contributed by atoms with Gasteiger partial charge >= 0.3 is 0 Å². The molecule has 37 heavy (non-hydrogen) atoms. The number of aliphatic hydroxyl groups excluding tert-OH is 1. The zero-order valence-corrected chi connectivity index (χ0v) is 23.3. The van der Waals surface area contributed by atoms with Crippen molar-refractivity contribution in [1.82, 2.24) is 0 Å².